The minimum Gasteiger partial charge on any atom is -0.189 e. The van der Waals surface area contributed by atoms with Gasteiger partial charge in [0.15, 0.2) is 0 Å². The highest BCUT2D eigenvalue weighted by atomic mass is 32.1. The number of aryl methyl sites for hydroxylation is 4. The molecule has 0 atom stereocenters. The summed E-state index contributed by atoms with van der Waals surface area (Å²) in [5.74, 6) is 0. The number of para-hydroxylation sites is 2. The molecule has 122 valence electrons. The van der Waals surface area contributed by atoms with Crippen LogP contribution in [-0.4, -0.2) is 0 Å². The Morgan fingerprint density at radius 1 is 0.667 bits per heavy atom. The van der Waals surface area contributed by atoms with Crippen LogP contribution in [0.2, 0.25) is 0 Å². The van der Waals surface area contributed by atoms with Crippen molar-refractivity contribution in [1.29, 1.82) is 0 Å². The maximum atomic E-state index is 2.36. The molecule has 0 unspecified atom stereocenters. The second kappa shape index (κ2) is 6.61. The number of unbranched alkanes of at least 4 members (excludes halogenated alkanes) is 1. The minimum absolute atomic E-state index is 1.17. The van der Waals surface area contributed by atoms with Crippen molar-refractivity contribution in [3.8, 4) is 0 Å². The van der Waals surface area contributed by atoms with E-state index in [1.54, 1.807) is 0 Å². The van der Waals surface area contributed by atoms with Crippen molar-refractivity contribution in [2.45, 2.75) is 25.7 Å². The zero-order valence-electron chi connectivity index (χ0n) is 14.2. The van der Waals surface area contributed by atoms with Crippen molar-refractivity contribution in [2.24, 2.45) is 14.1 Å². The quantitative estimate of drug-likeness (QED) is 0.372. The number of hydrogen-bond donors (Lipinski definition) is 0. The van der Waals surface area contributed by atoms with Crippen molar-refractivity contribution in [3.63, 3.8) is 0 Å². The van der Waals surface area contributed by atoms with E-state index >= 15 is 0 Å². The molecular weight excluding hydrogens is 332 g/mol. The Balaban J connectivity index is 1.41. The molecule has 0 fully saturated rings. The van der Waals surface area contributed by atoms with E-state index in [0.29, 0.717) is 0 Å². The maximum absolute atomic E-state index is 2.36. The van der Waals surface area contributed by atoms with Gasteiger partial charge in [-0.15, -0.1) is 0 Å². The van der Waals surface area contributed by atoms with Gasteiger partial charge in [0.1, 0.15) is 23.5 Å². The molecule has 4 rings (SSSR count). The summed E-state index contributed by atoms with van der Waals surface area (Å²) >= 11 is 3.87. The van der Waals surface area contributed by atoms with Crippen LogP contribution in [0.4, 0.5) is 0 Å². The summed E-state index contributed by atoms with van der Waals surface area (Å²) in [6.07, 6.45) is 4.83. The van der Waals surface area contributed by atoms with Crippen LogP contribution in [-0.2, 0) is 26.9 Å². The first-order valence-electron chi connectivity index (χ1n) is 8.47. The monoisotopic (exact) mass is 354 g/mol. The molecule has 2 aromatic carbocycles. The third kappa shape index (κ3) is 2.85. The number of rotatable bonds is 5. The summed E-state index contributed by atoms with van der Waals surface area (Å²) in [5.41, 5.74) is 2.71. The van der Waals surface area contributed by atoms with Crippen molar-refractivity contribution in [1.82, 2.24) is 0 Å². The van der Waals surface area contributed by atoms with Crippen molar-refractivity contribution in [2.75, 3.05) is 0 Å². The van der Waals surface area contributed by atoms with E-state index < -0.39 is 0 Å². The Hall–Kier alpha value is -1.78. The lowest BCUT2D eigenvalue weighted by Gasteiger charge is -1.95. The summed E-state index contributed by atoms with van der Waals surface area (Å²) in [7, 11) is 4.39. The molecular formula is C20H22N2S2+2. The second-order valence-electron chi connectivity index (χ2n) is 6.25. The van der Waals surface area contributed by atoms with E-state index in [2.05, 4.69) is 71.8 Å². The lowest BCUT2D eigenvalue weighted by Crippen LogP contribution is -2.31. The Labute approximate surface area is 150 Å². The molecule has 2 aromatic heterocycles. The van der Waals surface area contributed by atoms with Crippen LogP contribution in [0.1, 0.15) is 22.9 Å². The van der Waals surface area contributed by atoms with Crippen molar-refractivity contribution >= 4 is 43.1 Å². The Morgan fingerprint density at radius 3 is 1.50 bits per heavy atom. The maximum Gasteiger partial charge on any atom is 0.238 e. The minimum atomic E-state index is 1.17. The van der Waals surface area contributed by atoms with Gasteiger partial charge >= 0.3 is 0 Å². The predicted molar refractivity (Wildman–Crippen MR) is 103 cm³/mol. The first-order chi connectivity index (χ1) is 11.7. The SMILES string of the molecule is C[n+]1c(CCCCc2sc3ccccc3[n+]2C)sc2ccccc21. The van der Waals surface area contributed by atoms with Crippen LogP contribution in [0.15, 0.2) is 48.5 Å². The molecule has 0 saturated heterocycles. The Bertz CT molecular complexity index is 915. The van der Waals surface area contributed by atoms with Gasteiger partial charge in [0, 0.05) is 25.0 Å². The first kappa shape index (κ1) is 15.7. The molecule has 0 saturated carbocycles. The van der Waals surface area contributed by atoms with Crippen LogP contribution < -0.4 is 9.13 Å². The molecule has 2 heterocycles. The van der Waals surface area contributed by atoms with Crippen molar-refractivity contribution < 1.29 is 9.13 Å². The molecule has 0 aliphatic carbocycles. The van der Waals surface area contributed by atoms with Crippen LogP contribution in [0, 0.1) is 0 Å². The molecule has 24 heavy (non-hydrogen) atoms. The summed E-state index contributed by atoms with van der Waals surface area (Å²) in [4.78, 5) is 0. The molecule has 0 aliphatic heterocycles. The third-order valence-electron chi connectivity index (χ3n) is 4.69. The predicted octanol–water partition coefficient (Wildman–Crippen LogP) is 4.33. The van der Waals surface area contributed by atoms with Crippen LogP contribution >= 0.6 is 22.7 Å². The molecule has 0 amide bonds. The zero-order chi connectivity index (χ0) is 16.5. The fourth-order valence-corrected chi connectivity index (χ4v) is 5.67. The third-order valence-corrected chi connectivity index (χ3v) is 7.25. The number of fused-ring (bicyclic) bond motifs is 2. The van der Waals surface area contributed by atoms with Gasteiger partial charge in [-0.25, -0.2) is 0 Å². The normalized spacial score (nSPS) is 11.6. The molecule has 4 aromatic rings. The average Bonchev–Trinajstić information content (AvgIpc) is 3.10. The molecule has 0 N–H and O–H groups in total. The fourth-order valence-electron chi connectivity index (χ4n) is 3.29. The first-order valence-corrected chi connectivity index (χ1v) is 10.1. The topological polar surface area (TPSA) is 7.76 Å². The van der Waals surface area contributed by atoms with E-state index in [9.17, 15) is 0 Å². The van der Waals surface area contributed by atoms with E-state index in [1.165, 1.54) is 56.1 Å². The van der Waals surface area contributed by atoms with Crippen LogP contribution in [0.3, 0.4) is 0 Å². The van der Waals surface area contributed by atoms with Crippen LogP contribution in [0.5, 0.6) is 0 Å². The number of aromatic nitrogens is 2. The van der Waals surface area contributed by atoms with Gasteiger partial charge in [0.2, 0.25) is 21.0 Å². The van der Waals surface area contributed by atoms with E-state index in [4.69, 9.17) is 0 Å². The molecule has 2 nitrogen and oxygen atoms in total. The van der Waals surface area contributed by atoms with Gasteiger partial charge in [-0.2, -0.15) is 9.13 Å². The van der Waals surface area contributed by atoms with Gasteiger partial charge < -0.3 is 0 Å². The average molecular weight is 355 g/mol. The van der Waals surface area contributed by atoms with Gasteiger partial charge in [-0.3, -0.25) is 0 Å². The summed E-state index contributed by atoms with van der Waals surface area (Å²) in [6, 6.07) is 17.4. The largest absolute Gasteiger partial charge is 0.238 e. The molecule has 4 heteroatoms. The molecule has 0 bridgehead atoms. The van der Waals surface area contributed by atoms with Crippen LogP contribution in [0.25, 0.3) is 20.4 Å². The van der Waals surface area contributed by atoms with E-state index in [1.807, 2.05) is 22.7 Å². The molecule has 0 aliphatic rings. The van der Waals surface area contributed by atoms with E-state index in [-0.39, 0.29) is 0 Å². The Morgan fingerprint density at radius 2 is 1.08 bits per heavy atom. The molecule has 0 spiro atoms. The Kier molecular flexibility index (Phi) is 4.33. The van der Waals surface area contributed by atoms with E-state index in [0.717, 1.165) is 0 Å². The zero-order valence-corrected chi connectivity index (χ0v) is 15.8. The number of hydrogen-bond acceptors (Lipinski definition) is 2. The smallest absolute Gasteiger partial charge is 0.189 e. The second-order valence-corrected chi connectivity index (χ2v) is 8.48. The summed E-state index contributed by atoms with van der Waals surface area (Å²) in [6.45, 7) is 0. The lowest BCUT2D eigenvalue weighted by molar-refractivity contribution is -0.648. The number of benzene rings is 2. The summed E-state index contributed by atoms with van der Waals surface area (Å²) in [5, 5.41) is 2.97. The van der Waals surface area contributed by atoms with Crippen molar-refractivity contribution in [3.05, 3.63) is 58.5 Å². The van der Waals surface area contributed by atoms with Gasteiger partial charge in [-0.05, 0) is 25.0 Å². The standard InChI is InChI=1S/C20H22N2S2/c1-21-15-9-3-5-11-17(15)23-19(21)13-7-8-14-20-22(2)16-10-4-6-12-18(16)24-20/h3-6,9-12H,7-8,13-14H2,1-2H3/q+2. The van der Waals surface area contributed by atoms with Gasteiger partial charge in [0.05, 0.1) is 0 Å². The summed E-state index contributed by atoms with van der Waals surface area (Å²) < 4.78 is 7.51. The van der Waals surface area contributed by atoms with Gasteiger partial charge in [-0.1, -0.05) is 46.9 Å². The molecule has 0 radical (unpaired) electrons. The fraction of sp³-hybridized carbons (Fsp3) is 0.300. The number of nitrogens with zero attached hydrogens (tertiary/aromatic N) is 2. The highest BCUT2D eigenvalue weighted by molar-refractivity contribution is 7.18. The number of thiazole rings is 2. The lowest BCUT2D eigenvalue weighted by atomic mass is 10.2. The van der Waals surface area contributed by atoms with Gasteiger partial charge in [0.25, 0.3) is 0 Å². The highest BCUT2D eigenvalue weighted by Gasteiger charge is 2.18. The highest BCUT2D eigenvalue weighted by Crippen LogP contribution is 2.23.